The van der Waals surface area contributed by atoms with Crippen LogP contribution >= 0.6 is 11.6 Å². The molecule has 0 saturated carbocycles. The van der Waals surface area contributed by atoms with E-state index in [2.05, 4.69) is 19.9 Å². The largest absolute Gasteiger partial charge is 0.405 e. The van der Waals surface area contributed by atoms with Crippen molar-refractivity contribution in [2.75, 3.05) is 18.0 Å². The number of nitrogens with zero attached hydrogens (tertiary/aromatic N) is 4. The molecule has 3 aromatic heterocycles. The minimum Gasteiger partial charge on any atom is -0.391 e. The number of alkyl halides is 3. The van der Waals surface area contributed by atoms with E-state index in [1.807, 2.05) is 5.32 Å². The average Bonchev–Trinajstić information content (AvgIpc) is 3.29. The van der Waals surface area contributed by atoms with Crippen LogP contribution in [-0.2, 0) is 4.79 Å². The van der Waals surface area contributed by atoms with Gasteiger partial charge in [0.05, 0.1) is 11.1 Å². The van der Waals surface area contributed by atoms with Gasteiger partial charge in [0.25, 0.3) is 0 Å². The molecule has 30 heavy (non-hydrogen) atoms. The molecule has 1 aliphatic heterocycles. The second kappa shape index (κ2) is 7.73. The molecule has 4 rings (SSSR count). The predicted octanol–water partition coefficient (Wildman–Crippen LogP) is 2.78. The molecule has 3 aromatic rings. The number of carbonyl (C=O) groups excluding carboxylic acids is 1. The van der Waals surface area contributed by atoms with E-state index in [1.165, 1.54) is 23.4 Å². The van der Waals surface area contributed by atoms with Crippen LogP contribution in [0.1, 0.15) is 9.27 Å². The smallest absolute Gasteiger partial charge is 0.391 e. The molecule has 1 aliphatic rings. The maximum Gasteiger partial charge on any atom is 0.405 e. The molecule has 8 nitrogen and oxygen atoms in total. The number of rotatable bonds is 4. The topological polar surface area (TPSA) is 107 Å². The predicted molar refractivity (Wildman–Crippen MR) is 107 cm³/mol. The van der Waals surface area contributed by atoms with Crippen LogP contribution < -0.4 is 10.2 Å². The summed E-state index contributed by atoms with van der Waals surface area (Å²) in [4.78, 5) is 29.7. The summed E-state index contributed by atoms with van der Waals surface area (Å²) in [5, 5.41) is 13.0. The van der Waals surface area contributed by atoms with Crippen molar-refractivity contribution in [1.82, 2.24) is 25.3 Å². The Morgan fingerprint density at radius 2 is 2.23 bits per heavy atom. The molecule has 3 N–H and O–H groups in total. The number of pyridine rings is 1. The summed E-state index contributed by atoms with van der Waals surface area (Å²) in [6, 6.07) is 2.26. The first-order valence-corrected chi connectivity index (χ1v) is 9.34. The van der Waals surface area contributed by atoms with Gasteiger partial charge < -0.3 is 20.3 Å². The van der Waals surface area contributed by atoms with Gasteiger partial charge in [0, 0.05) is 45.4 Å². The molecule has 12 heteroatoms. The zero-order valence-corrected chi connectivity index (χ0v) is 16.1. The number of carbonyl (C=O) groups is 1. The van der Waals surface area contributed by atoms with Crippen LogP contribution in [0, 0.1) is 0 Å². The van der Waals surface area contributed by atoms with E-state index in [0.717, 1.165) is 0 Å². The lowest BCUT2D eigenvalue weighted by molar-refractivity contribution is -0.139. The molecule has 162 valence electrons. The number of aromatic nitrogens is 4. The van der Waals surface area contributed by atoms with E-state index >= 15 is 0 Å². The summed E-state index contributed by atoms with van der Waals surface area (Å²) in [5.74, 6) is -0.196. The molecule has 1 saturated heterocycles. The third kappa shape index (κ3) is 4.17. The van der Waals surface area contributed by atoms with Crippen LogP contribution in [0.2, 0.25) is 5.02 Å². The number of aliphatic hydroxyl groups is 1. The molecular weight excluding hydrogens is 425 g/mol. The van der Waals surface area contributed by atoms with Crippen LogP contribution in [0.5, 0.6) is 0 Å². The van der Waals surface area contributed by atoms with Gasteiger partial charge in [0.2, 0.25) is 5.91 Å². The summed E-state index contributed by atoms with van der Waals surface area (Å²) < 4.78 is 37.3. The van der Waals surface area contributed by atoms with E-state index in [4.69, 9.17) is 11.6 Å². The lowest BCUT2D eigenvalue weighted by Crippen LogP contribution is -2.46. The number of hydrogen-bond donors (Lipinski definition) is 3. The third-order valence-corrected chi connectivity index (χ3v) is 4.93. The number of β-amino-alcohol motifs (C(OH)–C–C–N with tert-alkyl or cyclic N) is 1. The maximum atomic E-state index is 12.4. The molecule has 1 amide bonds. The molecule has 1 fully saturated rings. The van der Waals surface area contributed by atoms with Gasteiger partial charge >= 0.3 is 6.18 Å². The second-order valence-corrected chi connectivity index (χ2v) is 7.32. The summed E-state index contributed by atoms with van der Waals surface area (Å²) in [5.41, 5.74) is 1.21. The van der Waals surface area contributed by atoms with Crippen molar-refractivity contribution in [1.29, 1.82) is 0 Å². The Hall–Kier alpha value is -2.92. The zero-order chi connectivity index (χ0) is 21.5. The van der Waals surface area contributed by atoms with E-state index < -0.39 is 30.8 Å². The number of hydrogen-bond acceptors (Lipinski definition) is 6. The Morgan fingerprint density at radius 3 is 3.00 bits per heavy atom. The van der Waals surface area contributed by atoms with E-state index in [0.29, 0.717) is 33.3 Å². The van der Waals surface area contributed by atoms with Crippen molar-refractivity contribution in [2.24, 2.45) is 0 Å². The quantitative estimate of drug-likeness (QED) is 0.571. The first-order chi connectivity index (χ1) is 14.2. The summed E-state index contributed by atoms with van der Waals surface area (Å²) >= 11 is 6.02. The van der Waals surface area contributed by atoms with E-state index in [-0.39, 0.29) is 15.8 Å². The minimum absolute atomic E-state index is 0. The second-order valence-electron chi connectivity index (χ2n) is 6.88. The highest BCUT2D eigenvalue weighted by atomic mass is 35.5. The lowest BCUT2D eigenvalue weighted by atomic mass is 10.2. The van der Waals surface area contributed by atoms with Crippen molar-refractivity contribution in [3.63, 3.8) is 0 Å². The first kappa shape index (κ1) is 20.4. The molecule has 0 spiro atoms. The highest BCUT2D eigenvalue weighted by molar-refractivity contribution is 6.31. The van der Waals surface area contributed by atoms with Crippen LogP contribution in [-0.4, -0.2) is 62.4 Å². The van der Waals surface area contributed by atoms with Crippen LogP contribution in [0.4, 0.5) is 19.0 Å². The van der Waals surface area contributed by atoms with E-state index in [1.54, 1.807) is 12.3 Å². The van der Waals surface area contributed by atoms with E-state index in [9.17, 15) is 23.1 Å². The summed E-state index contributed by atoms with van der Waals surface area (Å²) in [7, 11) is 0. The van der Waals surface area contributed by atoms with Crippen molar-refractivity contribution in [3.8, 4) is 11.4 Å². The molecule has 2 atom stereocenters. The van der Waals surface area contributed by atoms with Crippen LogP contribution in [0.25, 0.3) is 22.4 Å². The number of H-pyrrole nitrogens is 1. The molecule has 0 aliphatic carbocycles. The third-order valence-electron chi connectivity index (χ3n) is 4.72. The van der Waals surface area contributed by atoms with Crippen molar-refractivity contribution in [2.45, 2.75) is 24.7 Å². The highest BCUT2D eigenvalue weighted by Crippen LogP contribution is 2.30. The Balaban J connectivity index is 0.00000181. The Morgan fingerprint density at radius 1 is 1.43 bits per heavy atom. The van der Waals surface area contributed by atoms with Gasteiger partial charge in [-0.1, -0.05) is 11.6 Å². The average molecular weight is 445 g/mol. The first-order valence-electron chi connectivity index (χ1n) is 8.96. The molecule has 0 radical (unpaired) electrons. The van der Waals surface area contributed by atoms with Gasteiger partial charge in [-0.2, -0.15) is 13.2 Å². The zero-order valence-electron chi connectivity index (χ0n) is 15.3. The fraction of sp³-hybridized carbons (Fsp3) is 0.333. The van der Waals surface area contributed by atoms with Gasteiger partial charge in [0.15, 0.2) is 5.82 Å². The Kier molecular flexibility index (Phi) is 5.24. The minimum atomic E-state index is -4.52. The van der Waals surface area contributed by atoms with Crippen LogP contribution in [0.3, 0.4) is 0 Å². The number of fused-ring (bicyclic) bond motifs is 1. The molecule has 0 bridgehead atoms. The number of anilines is 1. The fourth-order valence-electron chi connectivity index (χ4n) is 3.42. The van der Waals surface area contributed by atoms with Gasteiger partial charge in [0.1, 0.15) is 24.1 Å². The Bertz CT molecular complexity index is 1100. The van der Waals surface area contributed by atoms with Crippen molar-refractivity contribution < 1.29 is 25.9 Å². The number of amides is 1. The van der Waals surface area contributed by atoms with Crippen LogP contribution in [0.15, 0.2) is 30.7 Å². The number of halogens is 4. The van der Waals surface area contributed by atoms with Gasteiger partial charge in [-0.05, 0) is 12.1 Å². The summed E-state index contributed by atoms with van der Waals surface area (Å²) in [6.07, 6.45) is -0.762. The van der Waals surface area contributed by atoms with Crippen molar-refractivity contribution in [3.05, 3.63) is 35.7 Å². The number of aliphatic hydroxyl groups excluding tert-OH is 1. The fourth-order valence-corrected chi connectivity index (χ4v) is 3.58. The number of aromatic amines is 1. The van der Waals surface area contributed by atoms with Gasteiger partial charge in [-0.25, -0.2) is 15.0 Å². The molecule has 4 heterocycles. The number of nitrogens with one attached hydrogen (secondary N) is 2. The molecular formula is C18H20ClF3N6O2. The normalized spacial score (nSPS) is 19.4. The monoisotopic (exact) mass is 444 g/mol. The maximum absolute atomic E-state index is 12.4. The summed E-state index contributed by atoms with van der Waals surface area (Å²) in [6.45, 7) is -1.38. The SMILES string of the molecule is O=C(NCC(F)(F)F)[C@H]1C[C@@H](O)CN1c1ccnc(-c2c[nH]c3ncc(Cl)cc23)n1.[HH].[HH]. The van der Waals surface area contributed by atoms with Crippen molar-refractivity contribution >= 4 is 34.4 Å². The van der Waals surface area contributed by atoms with Gasteiger partial charge in [-0.3, -0.25) is 4.79 Å². The van der Waals surface area contributed by atoms with Gasteiger partial charge in [-0.15, -0.1) is 0 Å². The molecule has 0 aromatic carbocycles. The molecule has 0 unspecified atom stereocenters. The lowest BCUT2D eigenvalue weighted by Gasteiger charge is -2.25. The standard InChI is InChI=1S/C18H16ClF3N6O2.2H2/c19-9-3-11-12(6-25-15(11)24-5-9)16-23-2-1-14(27-16)28-7-10(29)4-13(28)17(30)26-8-18(20,21)22;;/h1-3,5-6,10,13,29H,4,7-8H2,(H,24,25)(H,26,30);2*1H/t10-,13-;;/m1../s1. The Labute approximate surface area is 176 Å². The highest BCUT2D eigenvalue weighted by Gasteiger charge is 2.38.